The number of aryl methyl sites for hydroxylation is 2. The average Bonchev–Trinajstić information content (AvgIpc) is 3.15. The summed E-state index contributed by atoms with van der Waals surface area (Å²) in [6.07, 6.45) is 6.86. The molecule has 21 heavy (non-hydrogen) atoms. The predicted octanol–water partition coefficient (Wildman–Crippen LogP) is 3.24. The van der Waals surface area contributed by atoms with Gasteiger partial charge in [0.2, 0.25) is 5.82 Å². The first-order valence-corrected chi connectivity index (χ1v) is 7.71. The van der Waals surface area contributed by atoms with Crippen LogP contribution in [0.2, 0.25) is 0 Å². The zero-order valence-corrected chi connectivity index (χ0v) is 12.4. The van der Waals surface area contributed by atoms with Gasteiger partial charge in [0, 0.05) is 22.8 Å². The summed E-state index contributed by atoms with van der Waals surface area (Å²) in [7, 11) is 0. The highest BCUT2D eigenvalue weighted by Gasteiger charge is 2.25. The molecule has 0 spiro atoms. The Labute approximate surface area is 125 Å². The molecule has 3 aromatic rings. The summed E-state index contributed by atoms with van der Waals surface area (Å²) < 4.78 is 5.47. The molecule has 3 heterocycles. The SMILES string of the molecule is Cc1cnccc1-c1noc(-c2c(N)sc3c2CCC3)n1. The lowest BCUT2D eigenvalue weighted by Gasteiger charge is -1.98. The second kappa shape index (κ2) is 4.66. The van der Waals surface area contributed by atoms with Gasteiger partial charge in [-0.25, -0.2) is 0 Å². The Kier molecular flexibility index (Phi) is 2.78. The van der Waals surface area contributed by atoms with Gasteiger partial charge < -0.3 is 10.3 Å². The Bertz CT molecular complexity index is 821. The monoisotopic (exact) mass is 298 g/mol. The van der Waals surface area contributed by atoms with Crippen LogP contribution in [0.1, 0.15) is 22.4 Å². The smallest absolute Gasteiger partial charge is 0.261 e. The number of pyridine rings is 1. The third-order valence-corrected chi connectivity index (χ3v) is 4.97. The van der Waals surface area contributed by atoms with E-state index >= 15 is 0 Å². The second-order valence-electron chi connectivity index (χ2n) is 5.21. The quantitative estimate of drug-likeness (QED) is 0.785. The van der Waals surface area contributed by atoms with Crippen molar-refractivity contribution in [1.82, 2.24) is 15.1 Å². The molecule has 0 fully saturated rings. The first-order chi connectivity index (χ1) is 10.2. The molecule has 0 atom stereocenters. The molecule has 106 valence electrons. The van der Waals surface area contributed by atoms with Crippen LogP contribution in [0.5, 0.6) is 0 Å². The summed E-state index contributed by atoms with van der Waals surface area (Å²) in [5, 5.41) is 4.88. The van der Waals surface area contributed by atoms with Crippen molar-refractivity contribution in [2.75, 3.05) is 5.73 Å². The molecule has 0 radical (unpaired) electrons. The van der Waals surface area contributed by atoms with Crippen LogP contribution in [0.3, 0.4) is 0 Å². The van der Waals surface area contributed by atoms with E-state index in [0.717, 1.165) is 34.5 Å². The molecule has 6 heteroatoms. The van der Waals surface area contributed by atoms with Gasteiger partial charge in [-0.1, -0.05) is 5.16 Å². The van der Waals surface area contributed by atoms with Gasteiger partial charge >= 0.3 is 0 Å². The van der Waals surface area contributed by atoms with Crippen molar-refractivity contribution in [3.05, 3.63) is 34.5 Å². The van der Waals surface area contributed by atoms with Crippen molar-refractivity contribution in [3.63, 3.8) is 0 Å². The lowest BCUT2D eigenvalue weighted by atomic mass is 10.1. The normalized spacial score (nSPS) is 13.6. The number of hydrogen-bond donors (Lipinski definition) is 1. The van der Waals surface area contributed by atoms with Crippen LogP contribution in [-0.4, -0.2) is 15.1 Å². The summed E-state index contributed by atoms with van der Waals surface area (Å²) in [4.78, 5) is 9.99. The lowest BCUT2D eigenvalue weighted by molar-refractivity contribution is 0.432. The van der Waals surface area contributed by atoms with E-state index in [0.29, 0.717) is 11.7 Å². The van der Waals surface area contributed by atoms with Crippen LogP contribution in [-0.2, 0) is 12.8 Å². The molecular formula is C15H14N4OS. The summed E-state index contributed by atoms with van der Waals surface area (Å²) in [6, 6.07) is 1.89. The summed E-state index contributed by atoms with van der Waals surface area (Å²) in [5.41, 5.74) is 10.3. The molecule has 4 rings (SSSR count). The van der Waals surface area contributed by atoms with E-state index in [4.69, 9.17) is 10.3 Å². The third kappa shape index (κ3) is 1.94. The first kappa shape index (κ1) is 12.5. The number of aromatic nitrogens is 3. The molecule has 0 bridgehead atoms. The van der Waals surface area contributed by atoms with Crippen LogP contribution >= 0.6 is 11.3 Å². The van der Waals surface area contributed by atoms with Crippen molar-refractivity contribution < 1.29 is 4.52 Å². The van der Waals surface area contributed by atoms with Crippen LogP contribution in [0.4, 0.5) is 5.00 Å². The van der Waals surface area contributed by atoms with E-state index in [1.807, 2.05) is 13.0 Å². The van der Waals surface area contributed by atoms with E-state index in [-0.39, 0.29) is 0 Å². The fourth-order valence-corrected chi connectivity index (χ4v) is 3.97. The molecule has 0 saturated carbocycles. The van der Waals surface area contributed by atoms with Crippen molar-refractivity contribution in [2.45, 2.75) is 26.2 Å². The maximum Gasteiger partial charge on any atom is 0.261 e. The minimum Gasteiger partial charge on any atom is -0.390 e. The standard InChI is InChI=1S/C15H14N4OS/c1-8-7-17-6-5-9(8)14-18-15(20-19-14)12-10-3-2-4-11(10)21-13(12)16/h5-7H,2-4,16H2,1H3. The van der Waals surface area contributed by atoms with E-state index in [1.165, 1.54) is 16.9 Å². The third-order valence-electron chi connectivity index (χ3n) is 3.85. The van der Waals surface area contributed by atoms with Crippen molar-refractivity contribution in [1.29, 1.82) is 0 Å². The van der Waals surface area contributed by atoms with Crippen molar-refractivity contribution >= 4 is 16.3 Å². The minimum atomic E-state index is 0.526. The van der Waals surface area contributed by atoms with Crippen LogP contribution < -0.4 is 5.73 Å². The van der Waals surface area contributed by atoms with Gasteiger partial charge in [-0.15, -0.1) is 11.3 Å². The van der Waals surface area contributed by atoms with E-state index in [2.05, 4.69) is 15.1 Å². The number of fused-ring (bicyclic) bond motifs is 1. The maximum atomic E-state index is 6.14. The predicted molar refractivity (Wildman–Crippen MR) is 82.0 cm³/mol. The van der Waals surface area contributed by atoms with Crippen LogP contribution in [0.25, 0.3) is 22.8 Å². The van der Waals surface area contributed by atoms with Gasteiger partial charge in [0.05, 0.1) is 10.6 Å². The Balaban J connectivity index is 1.81. The number of anilines is 1. The molecule has 1 aliphatic carbocycles. The Morgan fingerprint density at radius 3 is 3.10 bits per heavy atom. The van der Waals surface area contributed by atoms with Crippen LogP contribution in [0, 0.1) is 6.92 Å². The van der Waals surface area contributed by atoms with Gasteiger partial charge in [0.1, 0.15) is 0 Å². The number of nitrogens with two attached hydrogens (primary N) is 1. The molecule has 0 aliphatic heterocycles. The number of thiophene rings is 1. The van der Waals surface area contributed by atoms with Gasteiger partial charge in [-0.3, -0.25) is 4.98 Å². The molecule has 0 amide bonds. The highest BCUT2D eigenvalue weighted by atomic mass is 32.1. The van der Waals surface area contributed by atoms with Gasteiger partial charge in [0.25, 0.3) is 5.89 Å². The topological polar surface area (TPSA) is 77.8 Å². The fraction of sp³-hybridized carbons (Fsp3) is 0.267. The molecule has 0 aromatic carbocycles. The minimum absolute atomic E-state index is 0.526. The van der Waals surface area contributed by atoms with Gasteiger partial charge in [-0.05, 0) is 43.4 Å². The number of hydrogen-bond acceptors (Lipinski definition) is 6. The number of nitrogens with zero attached hydrogens (tertiary/aromatic N) is 3. The zero-order chi connectivity index (χ0) is 14.4. The Morgan fingerprint density at radius 1 is 1.33 bits per heavy atom. The fourth-order valence-electron chi connectivity index (χ4n) is 2.82. The molecule has 3 aromatic heterocycles. The molecular weight excluding hydrogens is 284 g/mol. The van der Waals surface area contributed by atoms with Crippen molar-refractivity contribution in [3.8, 4) is 22.8 Å². The van der Waals surface area contributed by atoms with Crippen molar-refractivity contribution in [2.24, 2.45) is 0 Å². The molecule has 0 unspecified atom stereocenters. The van der Waals surface area contributed by atoms with E-state index in [1.54, 1.807) is 23.7 Å². The maximum absolute atomic E-state index is 6.14. The van der Waals surface area contributed by atoms with E-state index in [9.17, 15) is 0 Å². The largest absolute Gasteiger partial charge is 0.390 e. The number of nitrogen functional groups attached to an aromatic ring is 1. The molecule has 5 nitrogen and oxygen atoms in total. The van der Waals surface area contributed by atoms with Crippen LogP contribution in [0.15, 0.2) is 23.0 Å². The molecule has 2 N–H and O–H groups in total. The highest BCUT2D eigenvalue weighted by Crippen LogP contribution is 2.43. The van der Waals surface area contributed by atoms with Gasteiger partial charge in [0.15, 0.2) is 0 Å². The summed E-state index contributed by atoms with van der Waals surface area (Å²) in [6.45, 7) is 1.98. The van der Waals surface area contributed by atoms with Gasteiger partial charge in [-0.2, -0.15) is 4.98 Å². The second-order valence-corrected chi connectivity index (χ2v) is 6.35. The lowest BCUT2D eigenvalue weighted by Crippen LogP contribution is -1.89. The van der Waals surface area contributed by atoms with E-state index < -0.39 is 0 Å². The summed E-state index contributed by atoms with van der Waals surface area (Å²) in [5.74, 6) is 1.11. The highest BCUT2D eigenvalue weighted by molar-refractivity contribution is 7.16. The Morgan fingerprint density at radius 2 is 2.24 bits per heavy atom. The zero-order valence-electron chi connectivity index (χ0n) is 11.6. The first-order valence-electron chi connectivity index (χ1n) is 6.89. The average molecular weight is 298 g/mol. The molecule has 1 aliphatic rings. The molecule has 0 saturated heterocycles. The summed E-state index contributed by atoms with van der Waals surface area (Å²) >= 11 is 1.65. The number of rotatable bonds is 2. The Hall–Kier alpha value is -2.21.